The van der Waals surface area contributed by atoms with Gasteiger partial charge in [-0.05, 0) is 24.1 Å². The number of nitrogens with zero attached hydrogens (tertiary/aromatic N) is 1. The van der Waals surface area contributed by atoms with Gasteiger partial charge in [-0.25, -0.2) is 0 Å². The maximum atomic E-state index is 10.9. The van der Waals surface area contributed by atoms with Crippen molar-refractivity contribution in [2.24, 2.45) is 0 Å². The van der Waals surface area contributed by atoms with E-state index in [1.807, 2.05) is 0 Å². The predicted molar refractivity (Wildman–Crippen MR) is 75.9 cm³/mol. The molecule has 0 aromatic heterocycles. The Morgan fingerprint density at radius 3 is 2.67 bits per heavy atom. The predicted octanol–water partition coefficient (Wildman–Crippen LogP) is 3.67. The largest absolute Gasteiger partial charge is 0.344 e. The van der Waals surface area contributed by atoms with Gasteiger partial charge in [-0.15, -0.1) is 0 Å². The molecule has 18 heavy (non-hydrogen) atoms. The SMILES string of the molecule is CCCCN1/C(=C/C=O)C(C)(C)c2ccccc21. The van der Waals surface area contributed by atoms with Crippen molar-refractivity contribution in [1.29, 1.82) is 0 Å². The van der Waals surface area contributed by atoms with Crippen molar-refractivity contribution in [2.75, 3.05) is 11.4 Å². The molecule has 0 fully saturated rings. The smallest absolute Gasteiger partial charge is 0.144 e. The summed E-state index contributed by atoms with van der Waals surface area (Å²) in [5.41, 5.74) is 3.61. The normalized spacial score (nSPS) is 19.1. The Labute approximate surface area is 109 Å². The molecule has 2 nitrogen and oxygen atoms in total. The average molecular weight is 243 g/mol. The summed E-state index contributed by atoms with van der Waals surface area (Å²) in [6, 6.07) is 8.46. The lowest BCUT2D eigenvalue weighted by Gasteiger charge is -2.26. The monoisotopic (exact) mass is 243 g/mol. The van der Waals surface area contributed by atoms with Gasteiger partial charge in [0.25, 0.3) is 0 Å². The highest BCUT2D eigenvalue weighted by Crippen LogP contribution is 2.47. The van der Waals surface area contributed by atoms with E-state index in [0.29, 0.717) is 0 Å². The number of allylic oxidation sites excluding steroid dienone is 2. The van der Waals surface area contributed by atoms with Crippen molar-refractivity contribution < 1.29 is 4.79 Å². The fourth-order valence-electron chi connectivity index (χ4n) is 2.76. The van der Waals surface area contributed by atoms with Crippen LogP contribution in [0.5, 0.6) is 0 Å². The highest BCUT2D eigenvalue weighted by atomic mass is 16.1. The Hall–Kier alpha value is -1.57. The number of fused-ring (bicyclic) bond motifs is 1. The zero-order chi connectivity index (χ0) is 13.2. The van der Waals surface area contributed by atoms with E-state index in [0.717, 1.165) is 31.4 Å². The molecular weight excluding hydrogens is 222 g/mol. The van der Waals surface area contributed by atoms with Gasteiger partial charge in [0, 0.05) is 23.3 Å². The molecule has 0 saturated heterocycles. The first-order valence-corrected chi connectivity index (χ1v) is 6.66. The summed E-state index contributed by atoms with van der Waals surface area (Å²) < 4.78 is 0. The minimum atomic E-state index is -0.0781. The fourth-order valence-corrected chi connectivity index (χ4v) is 2.76. The lowest BCUT2D eigenvalue weighted by atomic mass is 9.84. The van der Waals surface area contributed by atoms with Gasteiger partial charge in [-0.3, -0.25) is 4.79 Å². The van der Waals surface area contributed by atoms with Crippen molar-refractivity contribution in [1.82, 2.24) is 0 Å². The number of hydrogen-bond acceptors (Lipinski definition) is 2. The first kappa shape index (κ1) is 12.9. The Morgan fingerprint density at radius 1 is 1.28 bits per heavy atom. The number of para-hydroxylation sites is 1. The first-order chi connectivity index (χ1) is 8.62. The van der Waals surface area contributed by atoms with Crippen molar-refractivity contribution in [3.05, 3.63) is 41.6 Å². The molecule has 0 spiro atoms. The van der Waals surface area contributed by atoms with Crippen molar-refractivity contribution in [3.63, 3.8) is 0 Å². The van der Waals surface area contributed by atoms with Crippen molar-refractivity contribution in [3.8, 4) is 0 Å². The van der Waals surface area contributed by atoms with E-state index in [-0.39, 0.29) is 5.41 Å². The van der Waals surface area contributed by atoms with Crippen LogP contribution in [0.25, 0.3) is 0 Å². The highest BCUT2D eigenvalue weighted by molar-refractivity contribution is 5.76. The average Bonchev–Trinajstić information content (AvgIpc) is 2.58. The van der Waals surface area contributed by atoms with Crippen LogP contribution < -0.4 is 4.90 Å². The standard InChI is InChI=1S/C16H21NO/c1-4-5-11-17-14-9-7-6-8-13(14)16(2,3)15(17)10-12-18/h6-10,12H,4-5,11H2,1-3H3/b15-10+. The van der Waals surface area contributed by atoms with Crippen molar-refractivity contribution >= 4 is 12.0 Å². The summed E-state index contributed by atoms with van der Waals surface area (Å²) >= 11 is 0. The molecule has 0 aliphatic carbocycles. The summed E-state index contributed by atoms with van der Waals surface area (Å²) in [5, 5.41) is 0. The third-order valence-corrected chi connectivity index (χ3v) is 3.76. The van der Waals surface area contributed by atoms with Crippen LogP contribution in [-0.4, -0.2) is 12.8 Å². The second-order valence-corrected chi connectivity index (χ2v) is 5.34. The molecule has 0 amide bonds. The van der Waals surface area contributed by atoms with Crippen LogP contribution in [0.1, 0.15) is 39.2 Å². The number of anilines is 1. The fraction of sp³-hybridized carbons (Fsp3) is 0.438. The molecule has 0 atom stereocenters. The third-order valence-electron chi connectivity index (χ3n) is 3.76. The van der Waals surface area contributed by atoms with E-state index in [4.69, 9.17) is 0 Å². The molecule has 0 saturated carbocycles. The maximum absolute atomic E-state index is 10.9. The quantitative estimate of drug-likeness (QED) is 0.594. The number of unbranched alkanes of at least 4 members (excludes halogenated alkanes) is 1. The second-order valence-electron chi connectivity index (χ2n) is 5.34. The third kappa shape index (κ3) is 1.96. The number of carbonyl (C=O) groups is 1. The molecule has 96 valence electrons. The number of aldehydes is 1. The van der Waals surface area contributed by atoms with Gasteiger partial charge in [-0.1, -0.05) is 45.4 Å². The Morgan fingerprint density at radius 2 is 2.00 bits per heavy atom. The van der Waals surface area contributed by atoms with Gasteiger partial charge in [0.1, 0.15) is 6.29 Å². The summed E-state index contributed by atoms with van der Waals surface area (Å²) in [6.07, 6.45) is 4.92. The van der Waals surface area contributed by atoms with Crippen LogP contribution in [0, 0.1) is 0 Å². The molecule has 1 aromatic carbocycles. The van der Waals surface area contributed by atoms with Gasteiger partial charge < -0.3 is 4.90 Å². The van der Waals surface area contributed by atoms with E-state index in [2.05, 4.69) is 49.9 Å². The molecule has 2 heteroatoms. The van der Waals surface area contributed by atoms with Gasteiger partial charge in [-0.2, -0.15) is 0 Å². The molecule has 1 aliphatic rings. The lowest BCUT2D eigenvalue weighted by molar-refractivity contribution is -0.104. The van der Waals surface area contributed by atoms with Gasteiger partial charge >= 0.3 is 0 Å². The minimum Gasteiger partial charge on any atom is -0.344 e. The summed E-state index contributed by atoms with van der Waals surface area (Å²) in [5.74, 6) is 0. The van der Waals surface area contributed by atoms with E-state index in [1.165, 1.54) is 11.3 Å². The van der Waals surface area contributed by atoms with E-state index in [1.54, 1.807) is 6.08 Å². The van der Waals surface area contributed by atoms with Gasteiger partial charge in [0.05, 0.1) is 0 Å². The molecule has 2 rings (SSSR count). The highest BCUT2D eigenvalue weighted by Gasteiger charge is 2.39. The molecule has 0 bridgehead atoms. The van der Waals surface area contributed by atoms with Crippen LogP contribution in [0.15, 0.2) is 36.0 Å². The Bertz CT molecular complexity index is 474. The number of carbonyl (C=O) groups excluding carboxylic acids is 1. The summed E-state index contributed by atoms with van der Waals surface area (Å²) in [4.78, 5) is 13.2. The van der Waals surface area contributed by atoms with Crippen molar-refractivity contribution in [2.45, 2.75) is 39.0 Å². The molecular formula is C16H21NO. The van der Waals surface area contributed by atoms with Crippen LogP contribution >= 0.6 is 0 Å². The van der Waals surface area contributed by atoms with Crippen LogP contribution in [0.4, 0.5) is 5.69 Å². The lowest BCUT2D eigenvalue weighted by Crippen LogP contribution is -2.27. The molecule has 0 radical (unpaired) electrons. The van der Waals surface area contributed by atoms with E-state index < -0.39 is 0 Å². The number of benzene rings is 1. The zero-order valence-corrected chi connectivity index (χ0v) is 11.4. The maximum Gasteiger partial charge on any atom is 0.144 e. The first-order valence-electron chi connectivity index (χ1n) is 6.66. The molecule has 0 N–H and O–H groups in total. The number of rotatable bonds is 4. The summed E-state index contributed by atoms with van der Waals surface area (Å²) in [6.45, 7) is 7.55. The van der Waals surface area contributed by atoms with Crippen LogP contribution in [-0.2, 0) is 10.2 Å². The number of hydrogen-bond donors (Lipinski definition) is 0. The molecule has 0 unspecified atom stereocenters. The van der Waals surface area contributed by atoms with Gasteiger partial charge in [0.15, 0.2) is 0 Å². The Kier molecular flexibility index (Phi) is 3.55. The molecule has 1 heterocycles. The van der Waals surface area contributed by atoms with Gasteiger partial charge in [0.2, 0.25) is 0 Å². The topological polar surface area (TPSA) is 20.3 Å². The summed E-state index contributed by atoms with van der Waals surface area (Å²) in [7, 11) is 0. The molecule has 1 aliphatic heterocycles. The zero-order valence-electron chi connectivity index (χ0n) is 11.4. The minimum absolute atomic E-state index is 0.0781. The Balaban J connectivity index is 2.49. The van der Waals surface area contributed by atoms with E-state index >= 15 is 0 Å². The molecule has 1 aromatic rings. The van der Waals surface area contributed by atoms with Crippen LogP contribution in [0.3, 0.4) is 0 Å². The van der Waals surface area contributed by atoms with Crippen LogP contribution in [0.2, 0.25) is 0 Å². The second kappa shape index (κ2) is 4.97. The van der Waals surface area contributed by atoms with E-state index in [9.17, 15) is 4.79 Å².